The fraction of sp³-hybridized carbons (Fsp3) is 0. The Labute approximate surface area is 186 Å². The van der Waals surface area contributed by atoms with Crippen LogP contribution in [-0.4, -0.2) is 15.0 Å². The molecule has 0 aliphatic carbocycles. The van der Waals surface area contributed by atoms with Crippen molar-refractivity contribution < 1.29 is 0 Å². The molecule has 148 valence electrons. The summed E-state index contributed by atoms with van der Waals surface area (Å²) in [6.07, 6.45) is 0. The zero-order valence-corrected chi connectivity index (χ0v) is 17.4. The van der Waals surface area contributed by atoms with Crippen LogP contribution in [0.2, 0.25) is 5.02 Å². The van der Waals surface area contributed by atoms with Crippen molar-refractivity contribution in [2.24, 2.45) is 0 Å². The van der Waals surface area contributed by atoms with Gasteiger partial charge in [-0.3, -0.25) is 0 Å². The minimum atomic E-state index is 0.553. The highest BCUT2D eigenvalue weighted by Gasteiger charge is 2.14. The average molecular weight is 420 g/mol. The van der Waals surface area contributed by atoms with Crippen LogP contribution in [0.25, 0.3) is 45.3 Å². The molecule has 0 N–H and O–H groups in total. The third kappa shape index (κ3) is 4.09. The Hall–Kier alpha value is -3.82. The van der Waals surface area contributed by atoms with E-state index in [2.05, 4.69) is 12.1 Å². The molecule has 4 heteroatoms. The van der Waals surface area contributed by atoms with E-state index in [4.69, 9.17) is 26.6 Å². The summed E-state index contributed by atoms with van der Waals surface area (Å²) in [6.45, 7) is 0. The summed E-state index contributed by atoms with van der Waals surface area (Å²) in [4.78, 5) is 14.2. The van der Waals surface area contributed by atoms with Crippen LogP contribution in [0.5, 0.6) is 0 Å². The highest BCUT2D eigenvalue weighted by Crippen LogP contribution is 2.32. The quantitative estimate of drug-likeness (QED) is 0.309. The number of nitrogens with zero attached hydrogens (tertiary/aromatic N) is 3. The Bertz CT molecular complexity index is 1260. The zero-order valence-electron chi connectivity index (χ0n) is 16.6. The molecule has 0 bridgehead atoms. The van der Waals surface area contributed by atoms with Gasteiger partial charge in [0.2, 0.25) is 0 Å². The van der Waals surface area contributed by atoms with E-state index in [1.165, 1.54) is 0 Å². The molecule has 5 aromatic rings. The summed E-state index contributed by atoms with van der Waals surface area (Å²) in [5, 5.41) is 0.602. The maximum absolute atomic E-state index is 6.71. The van der Waals surface area contributed by atoms with E-state index in [0.717, 1.165) is 27.8 Å². The van der Waals surface area contributed by atoms with Gasteiger partial charge in [0.05, 0.1) is 5.02 Å². The topological polar surface area (TPSA) is 38.7 Å². The summed E-state index contributed by atoms with van der Waals surface area (Å²) in [5.41, 5.74) is 4.80. The Kier molecular flexibility index (Phi) is 5.26. The fourth-order valence-corrected chi connectivity index (χ4v) is 3.70. The average Bonchev–Trinajstić information content (AvgIpc) is 2.85. The van der Waals surface area contributed by atoms with Gasteiger partial charge < -0.3 is 0 Å². The van der Waals surface area contributed by atoms with Gasteiger partial charge in [0.1, 0.15) is 0 Å². The van der Waals surface area contributed by atoms with Crippen LogP contribution in [0.4, 0.5) is 0 Å². The molecule has 0 atom stereocenters. The lowest BCUT2D eigenvalue weighted by Gasteiger charge is -2.10. The molecule has 0 unspecified atom stereocenters. The fourth-order valence-electron chi connectivity index (χ4n) is 3.44. The van der Waals surface area contributed by atoms with Crippen LogP contribution in [0, 0.1) is 0 Å². The van der Waals surface area contributed by atoms with Gasteiger partial charge in [-0.15, -0.1) is 0 Å². The second-order valence-electron chi connectivity index (χ2n) is 7.10. The van der Waals surface area contributed by atoms with E-state index in [-0.39, 0.29) is 0 Å². The van der Waals surface area contributed by atoms with Gasteiger partial charge in [0.25, 0.3) is 0 Å². The SMILES string of the molecule is Clc1cc(-c2ccccc2)ccc1-c1nc(-c2ccccc2)nc(-c2ccccc2)n1. The highest BCUT2D eigenvalue weighted by molar-refractivity contribution is 6.33. The molecule has 0 amide bonds. The molecule has 3 nitrogen and oxygen atoms in total. The van der Waals surface area contributed by atoms with Crippen LogP contribution < -0.4 is 0 Å². The molecule has 0 spiro atoms. The molecule has 0 aliphatic heterocycles. The summed E-state index contributed by atoms with van der Waals surface area (Å²) in [6, 6.07) is 36.0. The lowest BCUT2D eigenvalue weighted by molar-refractivity contribution is 1.07. The van der Waals surface area contributed by atoms with Gasteiger partial charge in [0.15, 0.2) is 17.5 Å². The maximum atomic E-state index is 6.71. The van der Waals surface area contributed by atoms with Crippen molar-refractivity contribution in [1.82, 2.24) is 15.0 Å². The monoisotopic (exact) mass is 419 g/mol. The smallest absolute Gasteiger partial charge is 0.165 e. The minimum absolute atomic E-state index is 0.553. The largest absolute Gasteiger partial charge is 0.208 e. The van der Waals surface area contributed by atoms with Crippen molar-refractivity contribution in [3.63, 3.8) is 0 Å². The molecule has 4 aromatic carbocycles. The van der Waals surface area contributed by atoms with E-state index >= 15 is 0 Å². The Balaban J connectivity index is 1.65. The molecule has 1 aromatic heterocycles. The van der Waals surface area contributed by atoms with Crippen LogP contribution in [0.3, 0.4) is 0 Å². The van der Waals surface area contributed by atoms with Gasteiger partial charge in [0, 0.05) is 16.7 Å². The molecule has 1 heterocycles. The third-order valence-corrected chi connectivity index (χ3v) is 5.33. The number of aromatic nitrogens is 3. The minimum Gasteiger partial charge on any atom is -0.208 e. The van der Waals surface area contributed by atoms with E-state index in [9.17, 15) is 0 Å². The van der Waals surface area contributed by atoms with Crippen molar-refractivity contribution in [1.29, 1.82) is 0 Å². The Morgan fingerprint density at radius 3 is 1.35 bits per heavy atom. The summed E-state index contributed by atoms with van der Waals surface area (Å²) in [5.74, 6) is 1.79. The number of rotatable bonds is 4. The zero-order chi connectivity index (χ0) is 21.0. The maximum Gasteiger partial charge on any atom is 0.165 e. The van der Waals surface area contributed by atoms with Crippen molar-refractivity contribution in [2.75, 3.05) is 0 Å². The first-order valence-corrected chi connectivity index (χ1v) is 10.4. The van der Waals surface area contributed by atoms with Crippen molar-refractivity contribution in [2.45, 2.75) is 0 Å². The molecular weight excluding hydrogens is 402 g/mol. The molecule has 0 saturated carbocycles. The third-order valence-electron chi connectivity index (χ3n) is 5.02. The molecule has 0 saturated heterocycles. The Morgan fingerprint density at radius 2 is 0.871 bits per heavy atom. The molecule has 0 fully saturated rings. The van der Waals surface area contributed by atoms with Crippen molar-refractivity contribution in [3.05, 3.63) is 114 Å². The molecule has 31 heavy (non-hydrogen) atoms. The van der Waals surface area contributed by atoms with Gasteiger partial charge in [-0.1, -0.05) is 109 Å². The summed E-state index contributed by atoms with van der Waals surface area (Å²) in [7, 11) is 0. The highest BCUT2D eigenvalue weighted by atomic mass is 35.5. The van der Waals surface area contributed by atoms with E-state index < -0.39 is 0 Å². The van der Waals surface area contributed by atoms with Gasteiger partial charge in [-0.2, -0.15) is 0 Å². The van der Waals surface area contributed by atoms with Crippen LogP contribution >= 0.6 is 11.6 Å². The predicted molar refractivity (Wildman–Crippen MR) is 127 cm³/mol. The number of hydrogen-bond donors (Lipinski definition) is 0. The van der Waals surface area contributed by atoms with E-state index in [1.807, 2.05) is 97.1 Å². The number of benzene rings is 4. The van der Waals surface area contributed by atoms with Gasteiger partial charge >= 0.3 is 0 Å². The molecular formula is C27H18ClN3. The first kappa shape index (κ1) is 19.2. The van der Waals surface area contributed by atoms with E-state index in [0.29, 0.717) is 22.5 Å². The van der Waals surface area contributed by atoms with Crippen molar-refractivity contribution in [3.8, 4) is 45.3 Å². The Morgan fingerprint density at radius 1 is 0.419 bits per heavy atom. The lowest BCUT2D eigenvalue weighted by atomic mass is 10.0. The first-order valence-electron chi connectivity index (χ1n) is 10.0. The lowest BCUT2D eigenvalue weighted by Crippen LogP contribution is -2.00. The second kappa shape index (κ2) is 8.50. The molecule has 0 radical (unpaired) electrons. The number of hydrogen-bond acceptors (Lipinski definition) is 3. The van der Waals surface area contributed by atoms with Crippen LogP contribution in [-0.2, 0) is 0 Å². The van der Waals surface area contributed by atoms with Gasteiger partial charge in [-0.05, 0) is 23.3 Å². The van der Waals surface area contributed by atoms with Crippen molar-refractivity contribution >= 4 is 11.6 Å². The molecule has 5 rings (SSSR count). The predicted octanol–water partition coefficient (Wildman–Crippen LogP) is 7.19. The standard InChI is InChI=1S/C27H18ClN3/c28-24-18-22(19-10-4-1-5-11-19)16-17-23(24)27-30-25(20-12-6-2-7-13-20)29-26(31-27)21-14-8-3-9-15-21/h1-18H. The van der Waals surface area contributed by atoms with Crippen LogP contribution in [0.1, 0.15) is 0 Å². The number of halogens is 1. The first-order chi connectivity index (χ1) is 15.3. The second-order valence-corrected chi connectivity index (χ2v) is 7.51. The summed E-state index contributed by atoms with van der Waals surface area (Å²) >= 11 is 6.71. The normalized spacial score (nSPS) is 10.7. The summed E-state index contributed by atoms with van der Waals surface area (Å²) < 4.78 is 0. The van der Waals surface area contributed by atoms with Gasteiger partial charge in [-0.25, -0.2) is 15.0 Å². The van der Waals surface area contributed by atoms with E-state index in [1.54, 1.807) is 0 Å². The molecule has 0 aliphatic rings. The van der Waals surface area contributed by atoms with Crippen LogP contribution in [0.15, 0.2) is 109 Å².